The van der Waals surface area contributed by atoms with Crippen LogP contribution in [0.5, 0.6) is 0 Å². The standard InChI is InChI=1S/C12H12BrN5O2/c1-7-16-11(20-17-7)9-3-2-4-18(9)12(19)10-14-5-8(13)6-15-10/h5-6,9H,2-4H2,1H3. The van der Waals surface area contributed by atoms with Crippen molar-refractivity contribution in [1.29, 1.82) is 0 Å². The van der Waals surface area contributed by atoms with E-state index < -0.39 is 0 Å². The first-order chi connectivity index (χ1) is 9.65. The van der Waals surface area contributed by atoms with Gasteiger partial charge in [0, 0.05) is 18.9 Å². The second kappa shape index (κ2) is 5.28. The quantitative estimate of drug-likeness (QED) is 0.832. The summed E-state index contributed by atoms with van der Waals surface area (Å²) in [5.74, 6) is 1.01. The minimum absolute atomic E-state index is 0.177. The first-order valence-corrected chi connectivity index (χ1v) is 7.03. The monoisotopic (exact) mass is 337 g/mol. The second-order valence-electron chi connectivity index (χ2n) is 4.56. The number of amides is 1. The molecule has 2 aromatic heterocycles. The van der Waals surface area contributed by atoms with Crippen molar-refractivity contribution in [2.45, 2.75) is 25.8 Å². The number of carbonyl (C=O) groups is 1. The Morgan fingerprint density at radius 2 is 2.20 bits per heavy atom. The molecule has 3 heterocycles. The summed E-state index contributed by atoms with van der Waals surface area (Å²) in [5, 5.41) is 3.78. The van der Waals surface area contributed by atoms with Crippen LogP contribution in [0.2, 0.25) is 0 Å². The molecule has 0 saturated carbocycles. The van der Waals surface area contributed by atoms with E-state index in [-0.39, 0.29) is 17.8 Å². The van der Waals surface area contributed by atoms with E-state index in [4.69, 9.17) is 4.52 Å². The van der Waals surface area contributed by atoms with Gasteiger partial charge in [-0.1, -0.05) is 5.16 Å². The lowest BCUT2D eigenvalue weighted by Gasteiger charge is -2.20. The van der Waals surface area contributed by atoms with Crippen LogP contribution < -0.4 is 0 Å². The fourth-order valence-corrected chi connectivity index (χ4v) is 2.47. The normalized spacial score (nSPS) is 18.5. The van der Waals surface area contributed by atoms with E-state index in [0.29, 0.717) is 18.3 Å². The number of aromatic nitrogens is 4. The summed E-state index contributed by atoms with van der Waals surface area (Å²) in [7, 11) is 0. The van der Waals surface area contributed by atoms with Crippen molar-refractivity contribution in [2.75, 3.05) is 6.54 Å². The van der Waals surface area contributed by atoms with Gasteiger partial charge in [-0.2, -0.15) is 4.98 Å². The fraction of sp³-hybridized carbons (Fsp3) is 0.417. The van der Waals surface area contributed by atoms with Gasteiger partial charge in [-0.15, -0.1) is 0 Å². The molecule has 2 aromatic rings. The summed E-state index contributed by atoms with van der Waals surface area (Å²) >= 11 is 3.25. The van der Waals surface area contributed by atoms with E-state index in [9.17, 15) is 4.79 Å². The average molecular weight is 338 g/mol. The molecule has 0 bridgehead atoms. The van der Waals surface area contributed by atoms with E-state index in [1.165, 1.54) is 0 Å². The van der Waals surface area contributed by atoms with Gasteiger partial charge in [-0.25, -0.2) is 9.97 Å². The number of carbonyl (C=O) groups excluding carboxylic acids is 1. The molecule has 1 atom stereocenters. The van der Waals surface area contributed by atoms with E-state index in [1.54, 1.807) is 24.2 Å². The summed E-state index contributed by atoms with van der Waals surface area (Å²) in [6.07, 6.45) is 4.82. The molecule has 20 heavy (non-hydrogen) atoms. The zero-order valence-electron chi connectivity index (χ0n) is 10.8. The number of hydrogen-bond donors (Lipinski definition) is 0. The van der Waals surface area contributed by atoms with Crippen LogP contribution >= 0.6 is 15.9 Å². The predicted molar refractivity (Wildman–Crippen MR) is 71.8 cm³/mol. The van der Waals surface area contributed by atoms with Gasteiger partial charge in [0.15, 0.2) is 5.82 Å². The van der Waals surface area contributed by atoms with Crippen LogP contribution in [-0.4, -0.2) is 37.5 Å². The Balaban J connectivity index is 1.85. The van der Waals surface area contributed by atoms with Gasteiger partial charge in [-0.05, 0) is 35.7 Å². The molecule has 1 aliphatic heterocycles. The van der Waals surface area contributed by atoms with Crippen molar-refractivity contribution < 1.29 is 9.32 Å². The lowest BCUT2D eigenvalue weighted by molar-refractivity contribution is 0.0697. The SMILES string of the molecule is Cc1noc(C2CCCN2C(=O)c2ncc(Br)cn2)n1. The van der Waals surface area contributed by atoms with Gasteiger partial charge in [-0.3, -0.25) is 4.79 Å². The fourth-order valence-electron chi connectivity index (χ4n) is 2.27. The maximum Gasteiger partial charge on any atom is 0.292 e. The second-order valence-corrected chi connectivity index (χ2v) is 5.48. The average Bonchev–Trinajstić information content (AvgIpc) is 3.07. The van der Waals surface area contributed by atoms with Crippen molar-refractivity contribution in [3.63, 3.8) is 0 Å². The molecule has 1 saturated heterocycles. The molecule has 1 aliphatic rings. The molecule has 0 radical (unpaired) electrons. The molecule has 0 N–H and O–H groups in total. The zero-order chi connectivity index (χ0) is 14.1. The van der Waals surface area contributed by atoms with Gasteiger partial charge < -0.3 is 9.42 Å². The van der Waals surface area contributed by atoms with E-state index in [1.807, 2.05) is 0 Å². The largest absolute Gasteiger partial charge is 0.337 e. The highest BCUT2D eigenvalue weighted by molar-refractivity contribution is 9.10. The molecule has 1 amide bonds. The Morgan fingerprint density at radius 1 is 1.45 bits per heavy atom. The first kappa shape index (κ1) is 13.2. The molecule has 0 spiro atoms. The van der Waals surface area contributed by atoms with Gasteiger partial charge >= 0.3 is 0 Å². The van der Waals surface area contributed by atoms with Crippen LogP contribution in [0.4, 0.5) is 0 Å². The molecule has 3 rings (SSSR count). The molecule has 1 unspecified atom stereocenters. The number of halogens is 1. The predicted octanol–water partition coefficient (Wildman–Crippen LogP) is 1.91. The maximum absolute atomic E-state index is 12.4. The van der Waals surface area contributed by atoms with Crippen molar-refractivity contribution >= 4 is 21.8 Å². The van der Waals surface area contributed by atoms with E-state index >= 15 is 0 Å². The molecule has 8 heteroatoms. The Hall–Kier alpha value is -1.83. The minimum Gasteiger partial charge on any atom is -0.337 e. The van der Waals surface area contributed by atoms with E-state index in [0.717, 1.165) is 17.3 Å². The van der Waals surface area contributed by atoms with E-state index in [2.05, 4.69) is 36.0 Å². The number of likely N-dealkylation sites (tertiary alicyclic amines) is 1. The molecule has 0 aliphatic carbocycles. The van der Waals surface area contributed by atoms with Crippen molar-refractivity contribution in [3.05, 3.63) is 34.4 Å². The number of hydrogen-bond acceptors (Lipinski definition) is 6. The molecule has 7 nitrogen and oxygen atoms in total. The highest BCUT2D eigenvalue weighted by atomic mass is 79.9. The Labute approximate surface area is 123 Å². The summed E-state index contributed by atoms with van der Waals surface area (Å²) in [6.45, 7) is 2.40. The molecular formula is C12H12BrN5O2. The first-order valence-electron chi connectivity index (χ1n) is 6.24. The van der Waals surface area contributed by atoms with Crippen molar-refractivity contribution in [2.24, 2.45) is 0 Å². The number of aryl methyl sites for hydroxylation is 1. The number of rotatable bonds is 2. The van der Waals surface area contributed by atoms with Gasteiger partial charge in [0.1, 0.15) is 6.04 Å². The summed E-state index contributed by atoms with van der Waals surface area (Å²) < 4.78 is 5.92. The number of nitrogens with zero attached hydrogens (tertiary/aromatic N) is 5. The Morgan fingerprint density at radius 3 is 2.85 bits per heavy atom. The summed E-state index contributed by atoms with van der Waals surface area (Å²) in [5.41, 5.74) is 0. The zero-order valence-corrected chi connectivity index (χ0v) is 12.4. The maximum atomic E-state index is 12.4. The highest BCUT2D eigenvalue weighted by Crippen LogP contribution is 2.31. The third-order valence-corrected chi connectivity index (χ3v) is 3.56. The molecule has 0 aromatic carbocycles. The topological polar surface area (TPSA) is 85.0 Å². The van der Waals surface area contributed by atoms with Crippen LogP contribution in [0.25, 0.3) is 0 Å². The summed E-state index contributed by atoms with van der Waals surface area (Å²) in [6, 6.07) is -0.184. The van der Waals surface area contributed by atoms with Crippen LogP contribution in [0.1, 0.15) is 41.2 Å². The lowest BCUT2D eigenvalue weighted by atomic mass is 10.2. The Kier molecular flexibility index (Phi) is 3.47. The minimum atomic E-state index is -0.212. The molecule has 1 fully saturated rings. The molecule has 104 valence electrons. The van der Waals surface area contributed by atoms with Gasteiger partial charge in [0.2, 0.25) is 11.7 Å². The van der Waals surface area contributed by atoms with Crippen molar-refractivity contribution in [1.82, 2.24) is 25.0 Å². The molecular weight excluding hydrogens is 326 g/mol. The van der Waals surface area contributed by atoms with Crippen LogP contribution in [0, 0.1) is 6.92 Å². The van der Waals surface area contributed by atoms with Crippen LogP contribution in [0.3, 0.4) is 0 Å². The summed E-state index contributed by atoms with van der Waals surface area (Å²) in [4.78, 5) is 26.4. The van der Waals surface area contributed by atoms with Crippen LogP contribution in [0.15, 0.2) is 21.4 Å². The third kappa shape index (κ3) is 2.43. The van der Waals surface area contributed by atoms with Gasteiger partial charge in [0.25, 0.3) is 5.91 Å². The van der Waals surface area contributed by atoms with Gasteiger partial charge in [0.05, 0.1) is 4.47 Å². The Bertz CT molecular complexity index is 627. The van der Waals surface area contributed by atoms with Crippen molar-refractivity contribution in [3.8, 4) is 0 Å². The lowest BCUT2D eigenvalue weighted by Crippen LogP contribution is -2.32. The smallest absolute Gasteiger partial charge is 0.292 e. The highest BCUT2D eigenvalue weighted by Gasteiger charge is 2.35. The third-order valence-electron chi connectivity index (χ3n) is 3.15. The van der Waals surface area contributed by atoms with Crippen LogP contribution in [-0.2, 0) is 0 Å².